The maximum Gasteiger partial charge on any atom is 0.240 e. The molecule has 0 fully saturated rings. The van der Waals surface area contributed by atoms with Crippen molar-refractivity contribution in [3.05, 3.63) is 364 Å². The Morgan fingerprint density at radius 3 is 1.06 bits per heavy atom. The van der Waals surface area contributed by atoms with Crippen molar-refractivity contribution in [1.82, 2.24) is 28.7 Å². The Kier molecular flexibility index (Phi) is 13.6. The summed E-state index contributed by atoms with van der Waals surface area (Å²) >= 11 is 0. The summed E-state index contributed by atoms with van der Waals surface area (Å²) in [5, 5.41) is 6.67. The molecule has 0 bridgehead atoms. The normalized spacial score (nSPS) is 12.3. The molecule has 0 aliphatic rings. The third-order valence-corrected chi connectivity index (χ3v) is 26.5. The monoisotopic (exact) mass is 1250 g/mol. The van der Waals surface area contributed by atoms with Gasteiger partial charge in [-0.3, -0.25) is 9.13 Å². The average Bonchev–Trinajstić information content (AvgIpc) is 1.62. The lowest BCUT2D eigenvalue weighted by Gasteiger charge is -2.42. The van der Waals surface area contributed by atoms with E-state index in [1.54, 1.807) is 0 Å². The number of benzene rings is 14. The molecule has 0 unspecified atom stereocenters. The molecule has 0 radical (unpaired) electrons. The lowest BCUT2D eigenvalue weighted by molar-refractivity contribution is 0.893. The molecular weight excluding hydrogens is 1190 g/mol. The van der Waals surface area contributed by atoms with Gasteiger partial charge in [-0.1, -0.05) is 231 Å². The third-order valence-electron chi connectivity index (χ3n) is 18.7. The number of hydrogen-bond acceptors (Lipinski definition) is 3. The first kappa shape index (κ1) is 56.0. The van der Waals surface area contributed by atoms with E-state index < -0.39 is 20.1 Å². The number of aromatic nitrogens is 6. The minimum atomic E-state index is -2.20. The average molecular weight is 1250 g/mol. The topological polar surface area (TPSA) is 53.5 Å². The molecule has 4 aromatic heterocycles. The highest BCUT2D eigenvalue weighted by Gasteiger charge is 2.36. The van der Waals surface area contributed by atoms with Crippen LogP contribution >= 0.6 is 20.1 Å². The summed E-state index contributed by atoms with van der Waals surface area (Å²) in [4.78, 5) is 27.2. The highest BCUT2D eigenvalue weighted by molar-refractivity contribution is 8.34. The van der Waals surface area contributed by atoms with E-state index in [4.69, 9.17) is 15.0 Å². The van der Waals surface area contributed by atoms with Crippen LogP contribution in [0.15, 0.2) is 403 Å². The molecule has 6 nitrogen and oxygen atoms in total. The zero-order valence-electron chi connectivity index (χ0n) is 51.6. The van der Waals surface area contributed by atoms with Crippen LogP contribution in [0, 0.1) is 0 Å². The van der Waals surface area contributed by atoms with Gasteiger partial charge in [0.1, 0.15) is 0 Å². The molecular formula is C87H60N6S2. The van der Waals surface area contributed by atoms with E-state index in [0.29, 0.717) is 17.7 Å². The maximum absolute atomic E-state index is 5.82. The van der Waals surface area contributed by atoms with Crippen LogP contribution in [0.1, 0.15) is 0 Å². The fourth-order valence-corrected chi connectivity index (χ4v) is 22.6. The summed E-state index contributed by atoms with van der Waals surface area (Å²) in [7, 11) is -4.21. The van der Waals surface area contributed by atoms with Gasteiger partial charge in [-0.25, -0.2) is 0 Å². The second kappa shape index (κ2) is 23.1. The minimum absolute atomic E-state index is 0.511. The fourth-order valence-electron chi connectivity index (χ4n) is 14.7. The Morgan fingerprint density at radius 2 is 0.558 bits per heavy atom. The number of rotatable bonds is 13. The highest BCUT2D eigenvalue weighted by Crippen LogP contribution is 2.75. The van der Waals surface area contributed by atoms with Gasteiger partial charge in [0.15, 0.2) is 5.82 Å². The summed E-state index contributed by atoms with van der Waals surface area (Å²) in [5.74, 6) is 1.59. The maximum atomic E-state index is 5.82. The minimum Gasteiger partial charge on any atom is -0.309 e. The molecule has 0 aliphatic carbocycles. The first-order chi connectivity index (χ1) is 47.1. The van der Waals surface area contributed by atoms with Crippen molar-refractivity contribution in [3.63, 3.8) is 0 Å². The zero-order valence-corrected chi connectivity index (χ0v) is 53.3. The first-order valence-corrected chi connectivity index (χ1v) is 35.4. The summed E-state index contributed by atoms with van der Waals surface area (Å²) in [6.07, 6.45) is 0. The molecule has 18 rings (SSSR count). The van der Waals surface area contributed by atoms with E-state index >= 15 is 0 Å². The fraction of sp³-hybridized carbons (Fsp3) is 0. The predicted octanol–water partition coefficient (Wildman–Crippen LogP) is 23.2. The number of para-hydroxylation sites is 4. The predicted molar refractivity (Wildman–Crippen MR) is 394 cm³/mol. The van der Waals surface area contributed by atoms with Crippen LogP contribution in [0.2, 0.25) is 0 Å². The first-order valence-electron chi connectivity index (χ1n) is 32.1. The number of nitrogens with zero attached hydrogens (tertiary/aromatic N) is 6. The van der Waals surface area contributed by atoms with Crippen LogP contribution in [-0.4, -0.2) is 28.7 Å². The molecule has 0 aliphatic heterocycles. The van der Waals surface area contributed by atoms with Crippen molar-refractivity contribution in [1.29, 1.82) is 0 Å². The molecule has 18 aromatic rings. The number of fused-ring (bicyclic) bond motifs is 10. The molecule has 0 spiro atoms. The van der Waals surface area contributed by atoms with Crippen LogP contribution in [0.3, 0.4) is 0 Å². The van der Waals surface area contributed by atoms with Crippen molar-refractivity contribution in [3.8, 4) is 40.1 Å². The third kappa shape index (κ3) is 8.94. The summed E-state index contributed by atoms with van der Waals surface area (Å²) in [5.41, 5.74) is 10.5. The van der Waals surface area contributed by atoms with Crippen LogP contribution in [0.25, 0.3) is 106 Å². The second-order valence-corrected chi connectivity index (χ2v) is 30.1. The SMILES string of the molecule is c1ccc(-c2cccc(S(c3ccccc3)(c3ccccc3)c3cccc(-c4nc(-n5c6ccccc6c6ccccc65)nc(-n5c6ccccc6c6ccc7c(c8ccccc8n7-c7cccc(S(c8ccccc8)(c8ccccc8)c8ccccc8)c7)c65)n4)c3)c2)cc1. The van der Waals surface area contributed by atoms with Crippen molar-refractivity contribution in [2.75, 3.05) is 0 Å². The Hall–Kier alpha value is -11.8. The molecule has 450 valence electrons. The summed E-state index contributed by atoms with van der Waals surface area (Å²) in [6, 6.07) is 133. The molecule has 0 saturated heterocycles. The van der Waals surface area contributed by atoms with Crippen LogP contribution in [0.5, 0.6) is 0 Å². The standard InChI is InChI=1S/C87H60N6S2/c1-7-30-61(31-8-1)62-32-27-45-70(58-62)95(68-41-15-5-16-42-68,69-43-17-6-18-44-69)71-46-28-33-63(59-71)85-88-86(92-78-52-23-19-48-73(78)74-49-20-24-53-79(74)92)90-87(89-85)93-80-54-25-21-50-75(80)76-56-57-82-83(84(76)93)77-51-22-26-55-81(77)91(82)64-34-29-47-72(60-64)94(65-35-9-2-10-36-65,66-37-11-3-12-38-66)67-39-13-4-14-40-67/h1-60H. The van der Waals surface area contributed by atoms with Gasteiger partial charge in [-0.2, -0.15) is 15.0 Å². The van der Waals surface area contributed by atoms with E-state index in [-0.39, 0.29) is 0 Å². The van der Waals surface area contributed by atoms with Crippen molar-refractivity contribution in [2.45, 2.75) is 39.2 Å². The Bertz CT molecular complexity index is 5720. The lowest BCUT2D eigenvalue weighted by Crippen LogP contribution is -2.10. The zero-order chi connectivity index (χ0) is 62.9. The van der Waals surface area contributed by atoms with E-state index in [9.17, 15) is 0 Å². The molecule has 0 N–H and O–H groups in total. The quantitative estimate of drug-likeness (QED) is 0.116. The van der Waals surface area contributed by atoms with Crippen molar-refractivity contribution in [2.24, 2.45) is 0 Å². The molecule has 0 saturated carbocycles. The molecule has 0 atom stereocenters. The largest absolute Gasteiger partial charge is 0.309 e. The van der Waals surface area contributed by atoms with Crippen molar-refractivity contribution >= 4 is 85.5 Å². The second-order valence-electron chi connectivity index (χ2n) is 23.9. The van der Waals surface area contributed by atoms with E-state index in [1.165, 1.54) is 39.8 Å². The van der Waals surface area contributed by atoms with E-state index in [0.717, 1.165) is 87.1 Å². The van der Waals surface area contributed by atoms with Gasteiger partial charge in [0.05, 0.1) is 33.1 Å². The van der Waals surface area contributed by atoms with Crippen molar-refractivity contribution < 1.29 is 0 Å². The van der Waals surface area contributed by atoms with Gasteiger partial charge in [-0.05, 0) is 145 Å². The van der Waals surface area contributed by atoms with Gasteiger partial charge in [0.2, 0.25) is 11.9 Å². The van der Waals surface area contributed by atoms with Crippen LogP contribution in [0.4, 0.5) is 0 Å². The van der Waals surface area contributed by atoms with Crippen LogP contribution in [-0.2, 0) is 0 Å². The summed E-state index contributed by atoms with van der Waals surface area (Å²) < 4.78 is 7.02. The van der Waals surface area contributed by atoms with Gasteiger partial charge in [0.25, 0.3) is 0 Å². The number of hydrogen-bond donors (Lipinski definition) is 0. The van der Waals surface area contributed by atoms with Gasteiger partial charge >= 0.3 is 0 Å². The Balaban J connectivity index is 0.910. The van der Waals surface area contributed by atoms with Crippen LogP contribution < -0.4 is 0 Å². The molecule has 95 heavy (non-hydrogen) atoms. The molecule has 4 heterocycles. The van der Waals surface area contributed by atoms with E-state index in [1.807, 2.05) is 0 Å². The Labute approximate surface area is 553 Å². The Morgan fingerprint density at radius 1 is 0.211 bits per heavy atom. The highest BCUT2D eigenvalue weighted by atomic mass is 32.3. The van der Waals surface area contributed by atoms with Gasteiger partial charge in [0, 0.05) is 82.7 Å². The van der Waals surface area contributed by atoms with E-state index in [2.05, 4.69) is 378 Å². The smallest absolute Gasteiger partial charge is 0.240 e. The van der Waals surface area contributed by atoms with Gasteiger partial charge in [-0.15, -0.1) is 20.1 Å². The lowest BCUT2D eigenvalue weighted by atomic mass is 10.1. The van der Waals surface area contributed by atoms with Gasteiger partial charge < -0.3 is 4.57 Å². The molecule has 0 amide bonds. The summed E-state index contributed by atoms with van der Waals surface area (Å²) in [6.45, 7) is 0. The molecule has 14 aromatic carbocycles. The molecule has 8 heteroatoms.